The van der Waals surface area contributed by atoms with Gasteiger partial charge in [-0.3, -0.25) is 4.79 Å². The summed E-state index contributed by atoms with van der Waals surface area (Å²) in [5, 5.41) is 0. The number of carbonyl (C=O) groups is 1. The lowest BCUT2D eigenvalue weighted by Gasteiger charge is -2.37. The van der Waals surface area contributed by atoms with Crippen molar-refractivity contribution >= 4 is 5.91 Å². The molecule has 0 aromatic heterocycles. The van der Waals surface area contributed by atoms with E-state index in [0.717, 1.165) is 17.7 Å². The average molecular weight is 306 g/mol. The van der Waals surface area contributed by atoms with Gasteiger partial charge in [-0.05, 0) is 31.0 Å². The lowest BCUT2D eigenvalue weighted by Crippen LogP contribution is -2.56. The molecule has 0 spiro atoms. The Balaban J connectivity index is 2.09. The number of amides is 1. The number of nitrogens with zero attached hydrogens (tertiary/aromatic N) is 1. The highest BCUT2D eigenvalue weighted by atomic mass is 16.5. The quantitative estimate of drug-likeness (QED) is 0.905. The minimum Gasteiger partial charge on any atom is -0.497 e. The Morgan fingerprint density at radius 3 is 3.00 bits per heavy atom. The molecule has 1 aromatic carbocycles. The third-order valence-electron chi connectivity index (χ3n) is 4.08. The maximum atomic E-state index is 12.6. The van der Waals surface area contributed by atoms with E-state index in [-0.39, 0.29) is 12.0 Å². The van der Waals surface area contributed by atoms with Crippen molar-refractivity contribution in [3.63, 3.8) is 0 Å². The summed E-state index contributed by atoms with van der Waals surface area (Å²) in [7, 11) is 1.64. The Labute approximate surface area is 132 Å². The van der Waals surface area contributed by atoms with E-state index >= 15 is 0 Å². The third kappa shape index (κ3) is 3.78. The maximum Gasteiger partial charge on any atom is 0.242 e. The molecule has 2 atom stereocenters. The van der Waals surface area contributed by atoms with Gasteiger partial charge in [0, 0.05) is 6.54 Å². The molecule has 1 saturated heterocycles. The zero-order valence-electron chi connectivity index (χ0n) is 13.7. The Morgan fingerprint density at radius 1 is 1.55 bits per heavy atom. The number of methoxy groups -OCH3 is 1. The fraction of sp³-hybridized carbons (Fsp3) is 0.588. The molecule has 0 aliphatic carbocycles. The van der Waals surface area contributed by atoms with Crippen LogP contribution in [0.3, 0.4) is 0 Å². The molecule has 1 heterocycles. The Morgan fingerprint density at radius 2 is 2.32 bits per heavy atom. The second-order valence-electron chi connectivity index (χ2n) is 6.05. The van der Waals surface area contributed by atoms with Crippen molar-refractivity contribution in [1.82, 2.24) is 4.90 Å². The summed E-state index contributed by atoms with van der Waals surface area (Å²) in [5.74, 6) is 0.796. The minimum absolute atomic E-state index is 0.00514. The van der Waals surface area contributed by atoms with E-state index in [0.29, 0.717) is 26.1 Å². The number of ether oxygens (including phenoxy) is 2. The molecule has 2 N–H and O–H groups in total. The predicted molar refractivity (Wildman–Crippen MR) is 85.8 cm³/mol. The van der Waals surface area contributed by atoms with Crippen LogP contribution >= 0.6 is 0 Å². The van der Waals surface area contributed by atoms with Crippen LogP contribution in [0.2, 0.25) is 0 Å². The SMILES string of the molecule is CCCC(C)(N)C(=O)N1CCOC(c2cccc(OC)c2)C1. The second kappa shape index (κ2) is 7.11. The van der Waals surface area contributed by atoms with Crippen LogP contribution < -0.4 is 10.5 Å². The Bertz CT molecular complexity index is 516. The summed E-state index contributed by atoms with van der Waals surface area (Å²) >= 11 is 0. The Kier molecular flexibility index (Phi) is 5.42. The van der Waals surface area contributed by atoms with Crippen LogP contribution in [-0.2, 0) is 9.53 Å². The van der Waals surface area contributed by atoms with Crippen LogP contribution in [-0.4, -0.2) is 43.2 Å². The molecule has 22 heavy (non-hydrogen) atoms. The third-order valence-corrected chi connectivity index (χ3v) is 4.08. The van der Waals surface area contributed by atoms with Gasteiger partial charge in [-0.1, -0.05) is 25.5 Å². The smallest absolute Gasteiger partial charge is 0.242 e. The van der Waals surface area contributed by atoms with Crippen molar-refractivity contribution in [1.29, 1.82) is 0 Å². The largest absolute Gasteiger partial charge is 0.497 e. The minimum atomic E-state index is -0.801. The van der Waals surface area contributed by atoms with E-state index in [1.54, 1.807) is 7.11 Å². The highest BCUT2D eigenvalue weighted by Crippen LogP contribution is 2.26. The van der Waals surface area contributed by atoms with Crippen molar-refractivity contribution < 1.29 is 14.3 Å². The average Bonchev–Trinajstić information content (AvgIpc) is 2.54. The lowest BCUT2D eigenvalue weighted by molar-refractivity contribution is -0.144. The van der Waals surface area contributed by atoms with Gasteiger partial charge in [0.1, 0.15) is 11.9 Å². The molecule has 122 valence electrons. The molecule has 1 aliphatic heterocycles. The fourth-order valence-electron chi connectivity index (χ4n) is 2.86. The fourth-order valence-corrected chi connectivity index (χ4v) is 2.86. The van der Waals surface area contributed by atoms with Crippen molar-refractivity contribution in [2.45, 2.75) is 38.3 Å². The first kappa shape index (κ1) is 16.8. The van der Waals surface area contributed by atoms with E-state index in [9.17, 15) is 4.79 Å². The summed E-state index contributed by atoms with van der Waals surface area (Å²) in [5.41, 5.74) is 6.40. The van der Waals surface area contributed by atoms with Gasteiger partial charge < -0.3 is 20.1 Å². The number of nitrogens with two attached hydrogens (primary N) is 1. The van der Waals surface area contributed by atoms with Crippen molar-refractivity contribution in [2.24, 2.45) is 5.73 Å². The second-order valence-corrected chi connectivity index (χ2v) is 6.05. The van der Waals surface area contributed by atoms with E-state index in [2.05, 4.69) is 0 Å². The first-order valence-electron chi connectivity index (χ1n) is 7.81. The van der Waals surface area contributed by atoms with Crippen LogP contribution in [0.15, 0.2) is 24.3 Å². The Hall–Kier alpha value is -1.59. The van der Waals surface area contributed by atoms with Gasteiger partial charge in [-0.2, -0.15) is 0 Å². The molecule has 5 nitrogen and oxygen atoms in total. The number of carbonyl (C=O) groups excluding carboxylic acids is 1. The van der Waals surface area contributed by atoms with Crippen molar-refractivity contribution in [3.05, 3.63) is 29.8 Å². The number of hydrogen-bond donors (Lipinski definition) is 1. The van der Waals surface area contributed by atoms with Gasteiger partial charge in [0.2, 0.25) is 5.91 Å². The van der Waals surface area contributed by atoms with Gasteiger partial charge in [0.25, 0.3) is 0 Å². The lowest BCUT2D eigenvalue weighted by atomic mass is 9.95. The first-order chi connectivity index (χ1) is 10.5. The molecule has 1 aliphatic rings. The summed E-state index contributed by atoms with van der Waals surface area (Å²) < 4.78 is 11.1. The molecule has 0 bridgehead atoms. The molecular weight excluding hydrogens is 280 g/mol. The maximum absolute atomic E-state index is 12.6. The van der Waals surface area contributed by atoms with Crippen molar-refractivity contribution in [2.75, 3.05) is 26.8 Å². The van der Waals surface area contributed by atoms with Gasteiger partial charge in [0.15, 0.2) is 0 Å². The number of rotatable bonds is 5. The van der Waals surface area contributed by atoms with Crippen LogP contribution in [0.4, 0.5) is 0 Å². The molecule has 0 radical (unpaired) electrons. The highest BCUT2D eigenvalue weighted by molar-refractivity contribution is 5.85. The van der Waals surface area contributed by atoms with Gasteiger partial charge in [0.05, 0.1) is 25.8 Å². The zero-order chi connectivity index (χ0) is 16.2. The molecule has 5 heteroatoms. The van der Waals surface area contributed by atoms with Gasteiger partial charge in [-0.25, -0.2) is 0 Å². The van der Waals surface area contributed by atoms with E-state index < -0.39 is 5.54 Å². The predicted octanol–water partition coefficient (Wildman–Crippen LogP) is 2.11. The molecule has 1 aromatic rings. The molecule has 0 saturated carbocycles. The molecular formula is C17H26N2O3. The molecule has 1 amide bonds. The van der Waals surface area contributed by atoms with E-state index in [1.165, 1.54) is 0 Å². The van der Waals surface area contributed by atoms with Crippen LogP contribution in [0, 0.1) is 0 Å². The van der Waals surface area contributed by atoms with E-state index in [4.69, 9.17) is 15.2 Å². The van der Waals surface area contributed by atoms with Gasteiger partial charge >= 0.3 is 0 Å². The summed E-state index contributed by atoms with van der Waals surface area (Å²) in [6.45, 7) is 5.50. The number of morpholine rings is 1. The van der Waals surface area contributed by atoms with Crippen LogP contribution in [0.25, 0.3) is 0 Å². The molecule has 2 rings (SSSR count). The summed E-state index contributed by atoms with van der Waals surface area (Å²) in [6, 6.07) is 7.77. The van der Waals surface area contributed by atoms with Crippen LogP contribution in [0.5, 0.6) is 5.75 Å². The van der Waals surface area contributed by atoms with Crippen molar-refractivity contribution in [3.8, 4) is 5.75 Å². The molecule has 1 fully saturated rings. The standard InChI is InChI=1S/C17H26N2O3/c1-4-8-17(2,18)16(20)19-9-10-22-15(12-19)13-6-5-7-14(11-13)21-3/h5-7,11,15H,4,8-10,12,18H2,1-3H3. The number of hydrogen-bond acceptors (Lipinski definition) is 4. The number of benzene rings is 1. The normalized spacial score (nSPS) is 21.3. The highest BCUT2D eigenvalue weighted by Gasteiger charge is 2.35. The summed E-state index contributed by atoms with van der Waals surface area (Å²) in [4.78, 5) is 14.5. The molecule has 2 unspecified atom stereocenters. The van der Waals surface area contributed by atoms with Crippen LogP contribution in [0.1, 0.15) is 38.4 Å². The summed E-state index contributed by atoms with van der Waals surface area (Å²) in [6.07, 6.45) is 1.44. The zero-order valence-corrected chi connectivity index (χ0v) is 13.7. The van der Waals surface area contributed by atoms with Gasteiger partial charge in [-0.15, -0.1) is 0 Å². The van der Waals surface area contributed by atoms with E-state index in [1.807, 2.05) is 43.0 Å². The monoisotopic (exact) mass is 306 g/mol. The first-order valence-corrected chi connectivity index (χ1v) is 7.81. The topological polar surface area (TPSA) is 64.8 Å².